The molecule has 0 atom stereocenters. The summed E-state index contributed by atoms with van der Waals surface area (Å²) in [6.07, 6.45) is 0. The van der Waals surface area contributed by atoms with Crippen LogP contribution in [0, 0.1) is 0 Å². The third-order valence-corrected chi connectivity index (χ3v) is 9.83. The van der Waals surface area contributed by atoms with E-state index in [-0.39, 0.29) is 0 Å². The van der Waals surface area contributed by atoms with Crippen LogP contribution < -0.4 is 0 Å². The molecule has 0 aliphatic rings. The van der Waals surface area contributed by atoms with Crippen molar-refractivity contribution in [1.82, 2.24) is 19.9 Å². The van der Waals surface area contributed by atoms with Crippen LogP contribution in [0.4, 0.5) is 0 Å². The van der Waals surface area contributed by atoms with Gasteiger partial charge in [-0.25, -0.2) is 19.9 Å². The molecule has 242 valence electrons. The maximum Gasteiger partial charge on any atom is 0.160 e. The standard InChI is InChI=1S/C48H30N4/c1-3-11-32(12-4-1)45-41-30-38(24-27-44(41)51-48(52-45)35-13-5-2-6-14-35)37-16-9-17-39(29-37)42-25-22-33-19-20-34-23-26-43(50-47(34)46(33)49-42)40-21-18-31-10-7-8-15-36(31)28-40/h1-30H. The van der Waals surface area contributed by atoms with Crippen molar-refractivity contribution in [2.75, 3.05) is 0 Å². The van der Waals surface area contributed by atoms with Crippen LogP contribution in [0.1, 0.15) is 0 Å². The van der Waals surface area contributed by atoms with Gasteiger partial charge in [0, 0.05) is 38.4 Å². The molecule has 4 heteroatoms. The van der Waals surface area contributed by atoms with Gasteiger partial charge in [-0.15, -0.1) is 0 Å². The summed E-state index contributed by atoms with van der Waals surface area (Å²) < 4.78 is 0. The zero-order valence-corrected chi connectivity index (χ0v) is 28.1. The molecule has 4 nitrogen and oxygen atoms in total. The highest BCUT2D eigenvalue weighted by atomic mass is 14.9. The van der Waals surface area contributed by atoms with Gasteiger partial charge in [0.1, 0.15) is 0 Å². The van der Waals surface area contributed by atoms with Gasteiger partial charge in [-0.3, -0.25) is 0 Å². The number of hydrogen-bond donors (Lipinski definition) is 0. The third-order valence-electron chi connectivity index (χ3n) is 9.83. The van der Waals surface area contributed by atoms with Crippen molar-refractivity contribution in [3.63, 3.8) is 0 Å². The maximum absolute atomic E-state index is 5.25. The molecular formula is C48H30N4. The van der Waals surface area contributed by atoms with Crippen LogP contribution in [0.15, 0.2) is 182 Å². The molecule has 0 saturated heterocycles. The van der Waals surface area contributed by atoms with E-state index in [4.69, 9.17) is 19.9 Å². The summed E-state index contributed by atoms with van der Waals surface area (Å²) >= 11 is 0. The molecule has 0 bridgehead atoms. The second-order valence-electron chi connectivity index (χ2n) is 13.1. The van der Waals surface area contributed by atoms with Crippen molar-refractivity contribution >= 4 is 43.5 Å². The van der Waals surface area contributed by atoms with E-state index in [2.05, 4.69) is 158 Å². The smallest absolute Gasteiger partial charge is 0.160 e. The van der Waals surface area contributed by atoms with Crippen molar-refractivity contribution < 1.29 is 0 Å². The first-order valence-corrected chi connectivity index (χ1v) is 17.5. The number of hydrogen-bond acceptors (Lipinski definition) is 4. The molecule has 0 radical (unpaired) electrons. The summed E-state index contributed by atoms with van der Waals surface area (Å²) in [4.78, 5) is 20.6. The normalized spacial score (nSPS) is 11.5. The largest absolute Gasteiger partial charge is 0.245 e. The zero-order chi connectivity index (χ0) is 34.4. The van der Waals surface area contributed by atoms with Crippen molar-refractivity contribution in [3.8, 4) is 56.3 Å². The number of benzene rings is 7. The van der Waals surface area contributed by atoms with Crippen LogP contribution >= 0.6 is 0 Å². The fourth-order valence-corrected chi connectivity index (χ4v) is 7.14. The summed E-state index contributed by atoms with van der Waals surface area (Å²) in [5.41, 5.74) is 11.8. The van der Waals surface area contributed by atoms with Gasteiger partial charge in [-0.05, 0) is 58.3 Å². The Morgan fingerprint density at radius 3 is 1.56 bits per heavy atom. The van der Waals surface area contributed by atoms with Gasteiger partial charge in [0.25, 0.3) is 0 Å². The lowest BCUT2D eigenvalue weighted by Gasteiger charge is -2.12. The van der Waals surface area contributed by atoms with Crippen LogP contribution in [-0.2, 0) is 0 Å². The number of fused-ring (bicyclic) bond motifs is 5. The van der Waals surface area contributed by atoms with Crippen LogP contribution in [0.25, 0.3) is 99.8 Å². The van der Waals surface area contributed by atoms with Gasteiger partial charge in [0.05, 0.1) is 33.6 Å². The van der Waals surface area contributed by atoms with Crippen LogP contribution in [0.2, 0.25) is 0 Å². The molecule has 3 aromatic heterocycles. The first-order valence-electron chi connectivity index (χ1n) is 17.5. The number of rotatable bonds is 5. The van der Waals surface area contributed by atoms with Crippen LogP contribution in [-0.4, -0.2) is 19.9 Å². The highest BCUT2D eigenvalue weighted by Gasteiger charge is 2.14. The Morgan fingerprint density at radius 2 is 0.827 bits per heavy atom. The maximum atomic E-state index is 5.25. The molecule has 10 aromatic rings. The molecule has 0 saturated carbocycles. The average Bonchev–Trinajstić information content (AvgIpc) is 3.23. The Kier molecular flexibility index (Phi) is 7.10. The Morgan fingerprint density at radius 1 is 0.288 bits per heavy atom. The first-order chi connectivity index (χ1) is 25.7. The van der Waals surface area contributed by atoms with E-state index in [1.807, 2.05) is 24.3 Å². The monoisotopic (exact) mass is 662 g/mol. The predicted octanol–water partition coefficient (Wildman–Crippen LogP) is 12.2. The van der Waals surface area contributed by atoms with Gasteiger partial charge < -0.3 is 0 Å². The second-order valence-corrected chi connectivity index (χ2v) is 13.1. The summed E-state index contributed by atoms with van der Waals surface area (Å²) in [6, 6.07) is 63.3. The minimum Gasteiger partial charge on any atom is -0.245 e. The molecule has 0 N–H and O–H groups in total. The van der Waals surface area contributed by atoms with Gasteiger partial charge in [-0.2, -0.15) is 0 Å². The molecule has 10 rings (SSSR count). The summed E-state index contributed by atoms with van der Waals surface area (Å²) in [7, 11) is 0. The Hall–Kier alpha value is -7.04. The fourth-order valence-electron chi connectivity index (χ4n) is 7.14. The summed E-state index contributed by atoms with van der Waals surface area (Å²) in [6.45, 7) is 0. The number of aromatic nitrogens is 4. The minimum absolute atomic E-state index is 0.718. The molecule has 0 aliphatic heterocycles. The zero-order valence-electron chi connectivity index (χ0n) is 28.1. The second kappa shape index (κ2) is 12.4. The van der Waals surface area contributed by atoms with Gasteiger partial charge in [0.2, 0.25) is 0 Å². The molecule has 0 unspecified atom stereocenters. The van der Waals surface area contributed by atoms with Crippen molar-refractivity contribution in [1.29, 1.82) is 0 Å². The van der Waals surface area contributed by atoms with Crippen molar-refractivity contribution in [2.24, 2.45) is 0 Å². The number of pyridine rings is 2. The van der Waals surface area contributed by atoms with Gasteiger partial charge >= 0.3 is 0 Å². The van der Waals surface area contributed by atoms with Crippen LogP contribution in [0.5, 0.6) is 0 Å². The Labute approximate surface area is 300 Å². The van der Waals surface area contributed by atoms with E-state index >= 15 is 0 Å². The third kappa shape index (κ3) is 5.34. The molecule has 0 fully saturated rings. The molecule has 52 heavy (non-hydrogen) atoms. The molecule has 3 heterocycles. The Balaban J connectivity index is 1.06. The van der Waals surface area contributed by atoms with E-state index in [1.165, 1.54) is 10.8 Å². The van der Waals surface area contributed by atoms with Crippen molar-refractivity contribution in [2.45, 2.75) is 0 Å². The van der Waals surface area contributed by atoms with Crippen molar-refractivity contribution in [3.05, 3.63) is 182 Å². The van der Waals surface area contributed by atoms with E-state index in [9.17, 15) is 0 Å². The predicted molar refractivity (Wildman–Crippen MR) is 215 cm³/mol. The van der Waals surface area contributed by atoms with E-state index < -0.39 is 0 Å². The quantitative estimate of drug-likeness (QED) is 0.172. The lowest BCUT2D eigenvalue weighted by molar-refractivity contribution is 1.23. The molecule has 0 amide bonds. The molecular weight excluding hydrogens is 633 g/mol. The molecule has 7 aromatic carbocycles. The number of nitrogens with zero attached hydrogens (tertiary/aromatic N) is 4. The lowest BCUT2D eigenvalue weighted by atomic mass is 9.97. The van der Waals surface area contributed by atoms with Gasteiger partial charge in [0.15, 0.2) is 5.82 Å². The Bertz CT molecular complexity index is 2960. The van der Waals surface area contributed by atoms with Gasteiger partial charge in [-0.1, -0.05) is 146 Å². The minimum atomic E-state index is 0.718. The first kappa shape index (κ1) is 29.8. The van der Waals surface area contributed by atoms with Crippen LogP contribution in [0.3, 0.4) is 0 Å². The molecule has 0 aliphatic carbocycles. The highest BCUT2D eigenvalue weighted by Crippen LogP contribution is 2.35. The van der Waals surface area contributed by atoms with E-state index in [0.717, 1.165) is 89.0 Å². The summed E-state index contributed by atoms with van der Waals surface area (Å²) in [5, 5.41) is 5.56. The topological polar surface area (TPSA) is 51.6 Å². The summed E-state index contributed by atoms with van der Waals surface area (Å²) in [5.74, 6) is 0.718. The molecule has 0 spiro atoms. The fraction of sp³-hybridized carbons (Fsp3) is 0. The highest BCUT2D eigenvalue weighted by molar-refractivity contribution is 6.04. The SMILES string of the molecule is c1ccc(-c2nc(-c3ccccc3)c3cc(-c4cccc(-c5ccc6ccc7ccc(-c8ccc9ccccc9c8)nc7c6n5)c4)ccc3n2)cc1. The van der Waals surface area contributed by atoms with E-state index in [1.54, 1.807) is 0 Å². The average molecular weight is 663 g/mol. The lowest BCUT2D eigenvalue weighted by Crippen LogP contribution is -1.95. The van der Waals surface area contributed by atoms with E-state index in [0.29, 0.717) is 0 Å².